The summed E-state index contributed by atoms with van der Waals surface area (Å²) >= 11 is 0. The summed E-state index contributed by atoms with van der Waals surface area (Å²) in [5.41, 5.74) is 3.17. The van der Waals surface area contributed by atoms with Gasteiger partial charge in [0.05, 0.1) is 6.42 Å². The van der Waals surface area contributed by atoms with E-state index in [2.05, 4.69) is 20.4 Å². The average Bonchev–Trinajstić information content (AvgIpc) is 3.22. The maximum absolute atomic E-state index is 12.7. The van der Waals surface area contributed by atoms with Crippen LogP contribution >= 0.6 is 0 Å². The molecule has 8 nitrogen and oxygen atoms in total. The van der Waals surface area contributed by atoms with Crippen LogP contribution in [0.4, 0.5) is 11.4 Å². The van der Waals surface area contributed by atoms with Crippen molar-refractivity contribution in [2.45, 2.75) is 20.3 Å². The van der Waals surface area contributed by atoms with Crippen LogP contribution in [0, 0.1) is 6.92 Å². The fourth-order valence-electron chi connectivity index (χ4n) is 3.28. The molecule has 0 atom stereocenters. The van der Waals surface area contributed by atoms with E-state index in [1.807, 2.05) is 56.3 Å². The molecule has 4 rings (SSSR count). The average molecular weight is 414 g/mol. The van der Waals surface area contributed by atoms with Gasteiger partial charge in [-0.05, 0) is 49.7 Å². The molecule has 0 aliphatic heterocycles. The zero-order valence-corrected chi connectivity index (χ0v) is 17.3. The van der Waals surface area contributed by atoms with Gasteiger partial charge in [-0.2, -0.15) is 4.98 Å². The molecule has 0 aliphatic rings. The molecule has 2 aromatic heterocycles. The maximum atomic E-state index is 12.7. The summed E-state index contributed by atoms with van der Waals surface area (Å²) < 4.78 is 1.52. The number of hydrogen-bond acceptors (Lipinski definition) is 5. The Kier molecular flexibility index (Phi) is 5.70. The molecule has 2 amide bonds. The van der Waals surface area contributed by atoms with Crippen LogP contribution in [0.1, 0.15) is 28.8 Å². The predicted octanol–water partition coefficient (Wildman–Crippen LogP) is 3.28. The van der Waals surface area contributed by atoms with Gasteiger partial charge in [0.25, 0.3) is 11.7 Å². The number of para-hydroxylation sites is 1. The van der Waals surface area contributed by atoms with Gasteiger partial charge in [-0.15, -0.1) is 5.10 Å². The molecule has 0 radical (unpaired) electrons. The largest absolute Gasteiger partial charge is 0.319 e. The standard InChI is InChI=1S/C23H22N6O2/c1-3-28(19-7-5-4-6-8-19)20(30)15-17-9-11-18(12-10-17)25-22(31)21-26-23-24-14-13-16(2)29(23)27-21/h4-14H,3,15H2,1-2H3,(H,25,31). The smallest absolute Gasteiger partial charge is 0.295 e. The Balaban J connectivity index is 1.42. The summed E-state index contributed by atoms with van der Waals surface area (Å²) in [6.07, 6.45) is 1.90. The van der Waals surface area contributed by atoms with Crippen molar-refractivity contribution >= 4 is 29.0 Å². The number of likely N-dealkylation sites (N-methyl/N-ethyl adjacent to an activating group) is 1. The van der Waals surface area contributed by atoms with Gasteiger partial charge in [0.15, 0.2) is 0 Å². The number of fused-ring (bicyclic) bond motifs is 1. The molecule has 0 aliphatic carbocycles. The fraction of sp³-hybridized carbons (Fsp3) is 0.174. The molecule has 2 heterocycles. The fourth-order valence-corrected chi connectivity index (χ4v) is 3.28. The highest BCUT2D eigenvalue weighted by molar-refractivity contribution is 6.01. The summed E-state index contributed by atoms with van der Waals surface area (Å²) in [7, 11) is 0. The van der Waals surface area contributed by atoms with E-state index in [1.165, 1.54) is 4.52 Å². The summed E-state index contributed by atoms with van der Waals surface area (Å²) in [6.45, 7) is 4.41. The van der Waals surface area contributed by atoms with E-state index in [0.717, 1.165) is 16.9 Å². The van der Waals surface area contributed by atoms with Gasteiger partial charge in [-0.3, -0.25) is 9.59 Å². The number of amides is 2. The first-order chi connectivity index (χ1) is 15.0. The minimum Gasteiger partial charge on any atom is -0.319 e. The van der Waals surface area contributed by atoms with Crippen molar-refractivity contribution in [1.29, 1.82) is 0 Å². The molecule has 0 saturated carbocycles. The van der Waals surface area contributed by atoms with Crippen molar-refractivity contribution in [3.8, 4) is 0 Å². The highest BCUT2D eigenvalue weighted by Gasteiger charge is 2.16. The summed E-state index contributed by atoms with van der Waals surface area (Å²) in [4.78, 5) is 35.3. The van der Waals surface area contributed by atoms with Gasteiger partial charge in [0.2, 0.25) is 11.7 Å². The first-order valence-corrected chi connectivity index (χ1v) is 9.99. The third-order valence-electron chi connectivity index (χ3n) is 4.89. The summed E-state index contributed by atoms with van der Waals surface area (Å²) in [6, 6.07) is 18.6. The number of benzene rings is 2. The van der Waals surface area contributed by atoms with Gasteiger partial charge in [-0.25, -0.2) is 9.50 Å². The van der Waals surface area contributed by atoms with E-state index in [4.69, 9.17) is 0 Å². The Morgan fingerprint density at radius 2 is 1.77 bits per heavy atom. The normalized spacial score (nSPS) is 10.8. The molecule has 0 unspecified atom stereocenters. The molecule has 31 heavy (non-hydrogen) atoms. The Morgan fingerprint density at radius 1 is 1.03 bits per heavy atom. The number of anilines is 2. The lowest BCUT2D eigenvalue weighted by Crippen LogP contribution is -2.31. The second-order valence-corrected chi connectivity index (χ2v) is 7.03. The number of nitrogens with one attached hydrogen (secondary N) is 1. The number of nitrogens with zero attached hydrogens (tertiary/aromatic N) is 5. The third-order valence-corrected chi connectivity index (χ3v) is 4.89. The van der Waals surface area contributed by atoms with Crippen LogP contribution in [0.25, 0.3) is 5.78 Å². The van der Waals surface area contributed by atoms with E-state index in [0.29, 0.717) is 18.0 Å². The van der Waals surface area contributed by atoms with Crippen molar-refractivity contribution in [3.63, 3.8) is 0 Å². The predicted molar refractivity (Wildman–Crippen MR) is 118 cm³/mol. The van der Waals surface area contributed by atoms with Gasteiger partial charge in [0.1, 0.15) is 0 Å². The van der Waals surface area contributed by atoms with Crippen LogP contribution < -0.4 is 10.2 Å². The number of hydrogen-bond donors (Lipinski definition) is 1. The monoisotopic (exact) mass is 414 g/mol. The Bertz CT molecular complexity index is 1220. The first-order valence-electron chi connectivity index (χ1n) is 9.99. The van der Waals surface area contributed by atoms with E-state index < -0.39 is 5.91 Å². The molecule has 0 fully saturated rings. The number of aromatic nitrogens is 4. The topological polar surface area (TPSA) is 92.5 Å². The number of aryl methyl sites for hydroxylation is 1. The van der Waals surface area contributed by atoms with Gasteiger partial charge < -0.3 is 10.2 Å². The number of carbonyl (C=O) groups is 2. The molecule has 1 N–H and O–H groups in total. The molecule has 4 aromatic rings. The Labute approximate surface area is 179 Å². The van der Waals surface area contributed by atoms with Crippen LogP contribution in [0.5, 0.6) is 0 Å². The van der Waals surface area contributed by atoms with Crippen molar-refractivity contribution < 1.29 is 9.59 Å². The highest BCUT2D eigenvalue weighted by Crippen LogP contribution is 2.16. The second-order valence-electron chi connectivity index (χ2n) is 7.03. The minimum atomic E-state index is -0.421. The molecular weight excluding hydrogens is 392 g/mol. The summed E-state index contributed by atoms with van der Waals surface area (Å²) in [5, 5.41) is 6.98. The molecule has 8 heteroatoms. The zero-order valence-electron chi connectivity index (χ0n) is 17.3. The SMILES string of the molecule is CCN(C(=O)Cc1ccc(NC(=O)c2nc3nccc(C)n3n2)cc1)c1ccccc1. The van der Waals surface area contributed by atoms with Gasteiger partial charge >= 0.3 is 0 Å². The lowest BCUT2D eigenvalue weighted by Gasteiger charge is -2.21. The van der Waals surface area contributed by atoms with Gasteiger partial charge in [-0.1, -0.05) is 30.3 Å². The van der Waals surface area contributed by atoms with Crippen LogP contribution in [0.3, 0.4) is 0 Å². The third kappa shape index (κ3) is 4.42. The van der Waals surface area contributed by atoms with Crippen molar-refractivity contribution in [3.05, 3.63) is 83.9 Å². The maximum Gasteiger partial charge on any atom is 0.295 e. The molecule has 0 spiro atoms. The van der Waals surface area contributed by atoms with E-state index in [9.17, 15) is 9.59 Å². The van der Waals surface area contributed by atoms with E-state index in [1.54, 1.807) is 29.3 Å². The first kappa shape index (κ1) is 20.2. The van der Waals surface area contributed by atoms with Crippen LogP contribution in [0.2, 0.25) is 0 Å². The molecule has 0 bridgehead atoms. The quantitative estimate of drug-likeness (QED) is 0.523. The molecular formula is C23H22N6O2. The minimum absolute atomic E-state index is 0.0160. The van der Waals surface area contributed by atoms with Crippen LogP contribution in [-0.2, 0) is 11.2 Å². The molecule has 0 saturated heterocycles. The molecule has 156 valence electrons. The Morgan fingerprint density at radius 3 is 2.45 bits per heavy atom. The van der Waals surface area contributed by atoms with Crippen LogP contribution in [-0.4, -0.2) is 37.9 Å². The van der Waals surface area contributed by atoms with E-state index in [-0.39, 0.29) is 18.2 Å². The highest BCUT2D eigenvalue weighted by atomic mass is 16.2. The summed E-state index contributed by atoms with van der Waals surface area (Å²) in [5.74, 6) is 0.0117. The van der Waals surface area contributed by atoms with E-state index >= 15 is 0 Å². The van der Waals surface area contributed by atoms with Crippen molar-refractivity contribution in [2.75, 3.05) is 16.8 Å². The second kappa shape index (κ2) is 8.74. The Hall–Kier alpha value is -4.07. The van der Waals surface area contributed by atoms with Gasteiger partial charge in [0, 0.05) is 29.8 Å². The zero-order chi connectivity index (χ0) is 21.8. The number of carbonyl (C=O) groups excluding carboxylic acids is 2. The number of rotatable bonds is 6. The molecule has 2 aromatic carbocycles. The lowest BCUT2D eigenvalue weighted by molar-refractivity contribution is -0.117. The van der Waals surface area contributed by atoms with Crippen molar-refractivity contribution in [1.82, 2.24) is 19.6 Å². The van der Waals surface area contributed by atoms with Crippen LogP contribution in [0.15, 0.2) is 66.9 Å². The van der Waals surface area contributed by atoms with Crippen molar-refractivity contribution in [2.24, 2.45) is 0 Å². The lowest BCUT2D eigenvalue weighted by atomic mass is 10.1.